The minimum atomic E-state index is -3.84. The van der Waals surface area contributed by atoms with Crippen molar-refractivity contribution in [3.8, 4) is 0 Å². The lowest BCUT2D eigenvalue weighted by Gasteiger charge is -2.11. The van der Waals surface area contributed by atoms with E-state index in [1.165, 1.54) is 4.90 Å². The first-order valence-electron chi connectivity index (χ1n) is 5.88. The molecule has 1 aromatic rings. The number of carboxylic acids is 1. The van der Waals surface area contributed by atoms with E-state index in [4.69, 9.17) is 16.7 Å². The number of sulfonamides is 1. The first-order valence-corrected chi connectivity index (χ1v) is 7.74. The van der Waals surface area contributed by atoms with Crippen LogP contribution >= 0.6 is 11.6 Å². The molecule has 2 N–H and O–H groups in total. The summed E-state index contributed by atoms with van der Waals surface area (Å²) in [6, 6.07) is 3.32. The molecule has 0 aliphatic carbocycles. The number of nitrogens with one attached hydrogen (secondary N) is 1. The predicted molar refractivity (Wildman–Crippen MR) is 76.9 cm³/mol. The second-order valence-electron chi connectivity index (χ2n) is 4.38. The molecule has 0 fully saturated rings. The van der Waals surface area contributed by atoms with E-state index >= 15 is 0 Å². The van der Waals surface area contributed by atoms with E-state index in [1.54, 1.807) is 14.1 Å². The minimum absolute atomic E-state index is 0.0210. The molecule has 0 aliphatic heterocycles. The van der Waals surface area contributed by atoms with E-state index in [-0.39, 0.29) is 34.4 Å². The molecule has 7 nitrogen and oxygen atoms in total. The van der Waals surface area contributed by atoms with Gasteiger partial charge in [-0.15, -0.1) is 0 Å². The van der Waals surface area contributed by atoms with E-state index in [9.17, 15) is 18.0 Å². The first kappa shape index (κ1) is 17.4. The van der Waals surface area contributed by atoms with Crippen molar-refractivity contribution < 1.29 is 23.1 Å². The highest BCUT2D eigenvalue weighted by Gasteiger charge is 2.18. The third-order valence-corrected chi connectivity index (χ3v) is 4.38. The highest BCUT2D eigenvalue weighted by molar-refractivity contribution is 7.89. The number of nitrogens with zero attached hydrogens (tertiary/aromatic N) is 1. The average molecular weight is 335 g/mol. The second-order valence-corrected chi connectivity index (χ2v) is 6.56. The number of amides is 1. The zero-order valence-electron chi connectivity index (χ0n) is 11.5. The third kappa shape index (κ3) is 4.69. The van der Waals surface area contributed by atoms with Gasteiger partial charge >= 0.3 is 5.97 Å². The molecule has 1 amide bonds. The van der Waals surface area contributed by atoms with Crippen LogP contribution in [0.5, 0.6) is 0 Å². The molecule has 0 unspecified atom stereocenters. The van der Waals surface area contributed by atoms with Gasteiger partial charge in [0.25, 0.3) is 0 Å². The third-order valence-electron chi connectivity index (χ3n) is 2.61. The van der Waals surface area contributed by atoms with Gasteiger partial charge in [0.15, 0.2) is 0 Å². The Morgan fingerprint density at radius 3 is 2.43 bits per heavy atom. The molecule has 9 heteroatoms. The van der Waals surface area contributed by atoms with Crippen LogP contribution in [0.2, 0.25) is 5.02 Å². The summed E-state index contributed by atoms with van der Waals surface area (Å²) in [4.78, 5) is 23.3. The van der Waals surface area contributed by atoms with Crippen molar-refractivity contribution in [1.29, 1.82) is 0 Å². The molecule has 0 heterocycles. The van der Waals surface area contributed by atoms with Crippen molar-refractivity contribution >= 4 is 33.5 Å². The highest BCUT2D eigenvalue weighted by Crippen LogP contribution is 2.20. The van der Waals surface area contributed by atoms with Gasteiger partial charge in [0.1, 0.15) is 0 Å². The van der Waals surface area contributed by atoms with E-state index in [0.717, 1.165) is 18.2 Å². The Labute approximate surface area is 127 Å². The van der Waals surface area contributed by atoms with E-state index < -0.39 is 16.0 Å². The topological polar surface area (TPSA) is 104 Å². The van der Waals surface area contributed by atoms with Crippen LogP contribution in [0, 0.1) is 0 Å². The van der Waals surface area contributed by atoms with Crippen LogP contribution in [-0.2, 0) is 14.8 Å². The summed E-state index contributed by atoms with van der Waals surface area (Å²) >= 11 is 5.72. The van der Waals surface area contributed by atoms with Crippen molar-refractivity contribution in [2.45, 2.75) is 11.3 Å². The first-order chi connectivity index (χ1) is 9.65. The maximum Gasteiger partial charge on any atom is 0.337 e. The van der Waals surface area contributed by atoms with Gasteiger partial charge in [0, 0.05) is 27.1 Å². The van der Waals surface area contributed by atoms with Gasteiger partial charge in [-0.1, -0.05) is 11.6 Å². The van der Waals surface area contributed by atoms with E-state index in [0.29, 0.717) is 0 Å². The predicted octanol–water partition coefficient (Wildman–Crippen LogP) is 0.795. The summed E-state index contributed by atoms with van der Waals surface area (Å²) in [5.74, 6) is -1.45. The number of benzene rings is 1. The fraction of sp³-hybridized carbons (Fsp3) is 0.333. The van der Waals surface area contributed by atoms with Crippen LogP contribution in [0.15, 0.2) is 23.1 Å². The largest absolute Gasteiger partial charge is 0.478 e. The summed E-state index contributed by atoms with van der Waals surface area (Å²) in [7, 11) is -0.703. The molecular formula is C12H15ClN2O5S. The fourth-order valence-corrected chi connectivity index (χ4v) is 2.82. The van der Waals surface area contributed by atoms with Gasteiger partial charge in [-0.05, 0) is 18.2 Å². The van der Waals surface area contributed by atoms with Crippen LogP contribution < -0.4 is 4.72 Å². The van der Waals surface area contributed by atoms with Gasteiger partial charge in [0.2, 0.25) is 15.9 Å². The summed E-state index contributed by atoms with van der Waals surface area (Å²) in [5, 5.41) is 8.65. The Bertz CT molecular complexity index is 658. The lowest BCUT2D eigenvalue weighted by molar-refractivity contribution is -0.128. The van der Waals surface area contributed by atoms with Crippen LogP contribution in [-0.4, -0.2) is 50.9 Å². The Hall–Kier alpha value is -1.64. The van der Waals surface area contributed by atoms with Crippen molar-refractivity contribution in [1.82, 2.24) is 9.62 Å². The quantitative estimate of drug-likeness (QED) is 0.800. The summed E-state index contributed by atoms with van der Waals surface area (Å²) < 4.78 is 26.2. The number of carboxylic acid groups (broad SMARTS) is 1. The Morgan fingerprint density at radius 1 is 1.33 bits per heavy atom. The Balaban J connectivity index is 2.82. The number of hydrogen-bond donors (Lipinski definition) is 2. The Morgan fingerprint density at radius 2 is 1.95 bits per heavy atom. The number of carbonyl (C=O) groups excluding carboxylic acids is 1. The van der Waals surface area contributed by atoms with Gasteiger partial charge in [-0.3, -0.25) is 4.79 Å². The van der Waals surface area contributed by atoms with Gasteiger partial charge < -0.3 is 10.0 Å². The standard InChI is InChI=1S/C12H15ClN2O5S/c1-15(2)11(16)5-6-14-21(19,20)8-3-4-9(12(17)18)10(13)7-8/h3-4,7,14H,5-6H2,1-2H3,(H,17,18). The number of aromatic carboxylic acids is 1. The molecule has 0 saturated carbocycles. The maximum atomic E-state index is 12.0. The van der Waals surface area contributed by atoms with Crippen molar-refractivity contribution in [3.63, 3.8) is 0 Å². The molecule has 0 aliphatic rings. The van der Waals surface area contributed by atoms with Crippen LogP contribution in [0.3, 0.4) is 0 Å². The number of halogens is 1. The SMILES string of the molecule is CN(C)C(=O)CCNS(=O)(=O)c1ccc(C(=O)O)c(Cl)c1. The number of hydrogen-bond acceptors (Lipinski definition) is 4. The summed E-state index contributed by atoms with van der Waals surface area (Å²) in [6.45, 7) is -0.0579. The molecule has 1 rings (SSSR count). The number of carbonyl (C=O) groups is 2. The normalized spacial score (nSPS) is 11.2. The monoisotopic (exact) mass is 334 g/mol. The van der Waals surface area contributed by atoms with Crippen molar-refractivity contribution in [2.24, 2.45) is 0 Å². The summed E-state index contributed by atoms with van der Waals surface area (Å²) in [5.41, 5.74) is -0.182. The zero-order chi connectivity index (χ0) is 16.2. The van der Waals surface area contributed by atoms with Crippen molar-refractivity contribution in [2.75, 3.05) is 20.6 Å². The lowest BCUT2D eigenvalue weighted by Crippen LogP contribution is -2.30. The summed E-state index contributed by atoms with van der Waals surface area (Å²) in [6.07, 6.45) is 0.0210. The lowest BCUT2D eigenvalue weighted by atomic mass is 10.2. The molecular weight excluding hydrogens is 320 g/mol. The highest BCUT2D eigenvalue weighted by atomic mass is 35.5. The minimum Gasteiger partial charge on any atom is -0.478 e. The molecule has 1 aromatic carbocycles. The van der Waals surface area contributed by atoms with Crippen LogP contribution in [0.25, 0.3) is 0 Å². The molecule has 0 bridgehead atoms. The smallest absolute Gasteiger partial charge is 0.337 e. The molecule has 0 radical (unpaired) electrons. The molecule has 0 saturated heterocycles. The van der Waals surface area contributed by atoms with Crippen molar-refractivity contribution in [3.05, 3.63) is 28.8 Å². The molecule has 116 valence electrons. The maximum absolute atomic E-state index is 12.0. The van der Waals surface area contributed by atoms with Gasteiger partial charge in [0.05, 0.1) is 15.5 Å². The molecule has 21 heavy (non-hydrogen) atoms. The van der Waals surface area contributed by atoms with E-state index in [2.05, 4.69) is 4.72 Å². The Kier molecular flexibility index (Phi) is 5.70. The average Bonchev–Trinajstić information content (AvgIpc) is 2.37. The van der Waals surface area contributed by atoms with E-state index in [1.807, 2.05) is 0 Å². The number of rotatable bonds is 6. The molecule has 0 aromatic heterocycles. The van der Waals surface area contributed by atoms with Crippen LogP contribution in [0.1, 0.15) is 16.8 Å². The van der Waals surface area contributed by atoms with Crippen LogP contribution in [0.4, 0.5) is 0 Å². The second kappa shape index (κ2) is 6.88. The zero-order valence-corrected chi connectivity index (χ0v) is 13.0. The van der Waals surface area contributed by atoms with Gasteiger partial charge in [-0.2, -0.15) is 0 Å². The fourth-order valence-electron chi connectivity index (χ4n) is 1.44. The molecule has 0 spiro atoms. The van der Waals surface area contributed by atoms with Gasteiger partial charge in [-0.25, -0.2) is 17.9 Å². The molecule has 0 atom stereocenters.